The van der Waals surface area contributed by atoms with Gasteiger partial charge < -0.3 is 4.74 Å². The van der Waals surface area contributed by atoms with Gasteiger partial charge in [-0.25, -0.2) is 9.37 Å². The van der Waals surface area contributed by atoms with Gasteiger partial charge in [0.05, 0.1) is 22.3 Å². The van der Waals surface area contributed by atoms with Crippen LogP contribution in [0, 0.1) is 12.7 Å². The fourth-order valence-corrected chi connectivity index (χ4v) is 4.53. The van der Waals surface area contributed by atoms with Crippen LogP contribution < -0.4 is 5.56 Å². The summed E-state index contributed by atoms with van der Waals surface area (Å²) < 4.78 is 24.1. The van der Waals surface area contributed by atoms with Crippen LogP contribution in [0.2, 0.25) is 5.02 Å². The monoisotopic (exact) mass is 467 g/mol. The first-order valence-corrected chi connectivity index (χ1v) is 11.1. The van der Waals surface area contributed by atoms with Crippen molar-refractivity contribution in [1.29, 1.82) is 0 Å². The molecular weight excluding hydrogens is 445 g/mol. The minimum atomic E-state index is -0.533. The fourth-order valence-electron chi connectivity index (χ4n) is 4.38. The smallest absolute Gasteiger partial charge is 0.263 e. The van der Waals surface area contributed by atoms with Crippen molar-refractivity contribution in [1.82, 2.24) is 24.3 Å². The molecule has 1 saturated heterocycles. The lowest BCUT2D eigenvalue weighted by atomic mass is 9.90. The van der Waals surface area contributed by atoms with E-state index in [1.165, 1.54) is 10.6 Å². The van der Waals surface area contributed by atoms with E-state index in [-0.39, 0.29) is 33.9 Å². The summed E-state index contributed by atoms with van der Waals surface area (Å²) in [4.78, 5) is 22.6. The molecule has 4 heterocycles. The number of halogens is 2. The molecule has 0 bridgehead atoms. The second-order valence-corrected chi connectivity index (χ2v) is 8.87. The van der Waals surface area contributed by atoms with E-state index < -0.39 is 5.82 Å². The average molecular weight is 468 g/mol. The van der Waals surface area contributed by atoms with E-state index in [2.05, 4.69) is 10.1 Å². The molecule has 33 heavy (non-hydrogen) atoms. The van der Waals surface area contributed by atoms with Crippen molar-refractivity contribution in [3.8, 4) is 11.3 Å². The Balaban J connectivity index is 1.67. The summed E-state index contributed by atoms with van der Waals surface area (Å²) in [7, 11) is 3.52. The first kappa shape index (κ1) is 21.7. The number of nitrogens with zero attached hydrogens (tertiary/aromatic N) is 5. The molecule has 9 heteroatoms. The fraction of sp³-hybridized carbons (Fsp3) is 0.333. The van der Waals surface area contributed by atoms with Crippen molar-refractivity contribution in [3.63, 3.8) is 0 Å². The third-order valence-electron chi connectivity index (χ3n) is 6.26. The summed E-state index contributed by atoms with van der Waals surface area (Å²) >= 11 is 5.97. The van der Waals surface area contributed by atoms with E-state index in [1.807, 2.05) is 25.4 Å². The highest BCUT2D eigenvalue weighted by molar-refractivity contribution is 6.30. The van der Waals surface area contributed by atoms with Gasteiger partial charge in [0, 0.05) is 49.1 Å². The Morgan fingerprint density at radius 1 is 1.15 bits per heavy atom. The lowest BCUT2D eigenvalue weighted by molar-refractivity contribution is 0.00185. The van der Waals surface area contributed by atoms with E-state index in [9.17, 15) is 9.18 Å². The molecule has 1 aliphatic heterocycles. The zero-order chi connectivity index (χ0) is 23.3. The van der Waals surface area contributed by atoms with Crippen molar-refractivity contribution < 1.29 is 9.13 Å². The van der Waals surface area contributed by atoms with Crippen LogP contribution >= 0.6 is 11.6 Å². The van der Waals surface area contributed by atoms with Gasteiger partial charge >= 0.3 is 0 Å². The van der Waals surface area contributed by atoms with Gasteiger partial charge in [-0.05, 0) is 50.1 Å². The van der Waals surface area contributed by atoms with Crippen molar-refractivity contribution in [2.75, 3.05) is 6.61 Å². The number of hydrogen-bond donors (Lipinski definition) is 0. The first-order chi connectivity index (χ1) is 15.8. The second-order valence-electron chi connectivity index (χ2n) is 8.43. The molecule has 0 amide bonds. The van der Waals surface area contributed by atoms with Crippen LogP contribution in [0.3, 0.4) is 0 Å². The molecule has 170 valence electrons. The highest BCUT2D eigenvalue weighted by atomic mass is 35.5. The van der Waals surface area contributed by atoms with Gasteiger partial charge in [0.2, 0.25) is 0 Å². The summed E-state index contributed by atoms with van der Waals surface area (Å²) in [6.07, 6.45) is 3.17. The number of aromatic nitrogens is 5. The van der Waals surface area contributed by atoms with Gasteiger partial charge in [0.15, 0.2) is 0 Å². The molecular formula is C24H23ClFN5O2. The average Bonchev–Trinajstić information content (AvgIpc) is 3.23. The Morgan fingerprint density at radius 3 is 2.70 bits per heavy atom. The van der Waals surface area contributed by atoms with Crippen molar-refractivity contribution in [2.45, 2.75) is 31.8 Å². The molecule has 1 fully saturated rings. The van der Waals surface area contributed by atoms with Gasteiger partial charge in [0.25, 0.3) is 5.56 Å². The highest BCUT2D eigenvalue weighted by Gasteiger charge is 2.29. The molecule has 1 aliphatic rings. The zero-order valence-corrected chi connectivity index (χ0v) is 19.3. The van der Waals surface area contributed by atoms with Gasteiger partial charge in [-0.15, -0.1) is 0 Å². The standard InChI is InChI=1S/C24H23ClFN5O2/c1-13-27-20-12-19(14-7-9-33-21(10-14)18-6-8-30(2)29-18)28-23(22(20)24(32)31(13)3)16-5-4-15(25)11-17(16)26/h4-6,8,11-12,14,21H,7,9-10H2,1-3H3/t14-,21-/m1/s1. The van der Waals surface area contributed by atoms with Crippen LogP contribution in [0.1, 0.15) is 42.1 Å². The molecule has 4 aromatic rings. The third-order valence-corrected chi connectivity index (χ3v) is 6.49. The van der Waals surface area contributed by atoms with Crippen LogP contribution in [-0.4, -0.2) is 30.9 Å². The number of hydrogen-bond acceptors (Lipinski definition) is 5. The number of fused-ring (bicyclic) bond motifs is 1. The number of aryl methyl sites for hydroxylation is 2. The van der Waals surface area contributed by atoms with Gasteiger partial charge in [-0.3, -0.25) is 19.0 Å². The van der Waals surface area contributed by atoms with E-state index in [4.69, 9.17) is 21.3 Å². The maximum absolute atomic E-state index is 15.0. The lowest BCUT2D eigenvalue weighted by Gasteiger charge is -2.28. The topological polar surface area (TPSA) is 74.8 Å². The van der Waals surface area contributed by atoms with Crippen LogP contribution in [-0.2, 0) is 18.8 Å². The Labute approximate surface area is 194 Å². The molecule has 0 aliphatic carbocycles. The van der Waals surface area contributed by atoms with Crippen molar-refractivity contribution in [3.05, 3.63) is 74.9 Å². The van der Waals surface area contributed by atoms with Crippen LogP contribution in [0.15, 0.2) is 41.3 Å². The maximum Gasteiger partial charge on any atom is 0.263 e. The Hall–Kier alpha value is -3.10. The summed E-state index contributed by atoms with van der Waals surface area (Å²) in [5, 5.41) is 5.05. The maximum atomic E-state index is 15.0. The lowest BCUT2D eigenvalue weighted by Crippen LogP contribution is -2.23. The third kappa shape index (κ3) is 3.94. The molecule has 2 atom stereocenters. The van der Waals surface area contributed by atoms with Crippen molar-refractivity contribution in [2.24, 2.45) is 14.1 Å². The minimum absolute atomic E-state index is 0.0513. The van der Waals surface area contributed by atoms with E-state index >= 15 is 0 Å². The normalized spacial score (nSPS) is 18.7. The summed E-state index contributed by atoms with van der Waals surface area (Å²) in [6.45, 7) is 2.33. The Kier molecular flexibility index (Phi) is 5.50. The molecule has 7 nitrogen and oxygen atoms in total. The highest BCUT2D eigenvalue weighted by Crippen LogP contribution is 2.38. The molecule has 0 spiro atoms. The van der Waals surface area contributed by atoms with E-state index in [0.29, 0.717) is 29.8 Å². The van der Waals surface area contributed by atoms with E-state index in [1.54, 1.807) is 30.8 Å². The zero-order valence-electron chi connectivity index (χ0n) is 18.5. The second kappa shape index (κ2) is 8.35. The first-order valence-electron chi connectivity index (χ1n) is 10.8. The molecule has 0 N–H and O–H groups in total. The van der Waals surface area contributed by atoms with Crippen LogP contribution in [0.5, 0.6) is 0 Å². The van der Waals surface area contributed by atoms with Gasteiger partial charge in [-0.2, -0.15) is 5.10 Å². The summed E-state index contributed by atoms with van der Waals surface area (Å²) in [5.74, 6) is 0.0929. The molecule has 0 radical (unpaired) electrons. The number of ether oxygens (including phenoxy) is 1. The predicted molar refractivity (Wildman–Crippen MR) is 124 cm³/mol. The SMILES string of the molecule is Cc1nc2cc([C@@H]3CCO[C@@H](c4ccn(C)n4)C3)nc(-c3ccc(Cl)cc3F)c2c(=O)n1C. The van der Waals surface area contributed by atoms with Gasteiger partial charge in [-0.1, -0.05) is 11.6 Å². The quantitative estimate of drug-likeness (QED) is 0.444. The van der Waals surface area contributed by atoms with E-state index in [0.717, 1.165) is 17.8 Å². The number of benzene rings is 1. The predicted octanol–water partition coefficient (Wildman–Crippen LogP) is 4.47. The summed E-state index contributed by atoms with van der Waals surface area (Å²) in [5.41, 5.74) is 2.38. The molecule has 3 aromatic heterocycles. The Morgan fingerprint density at radius 2 is 1.97 bits per heavy atom. The largest absolute Gasteiger partial charge is 0.372 e. The molecule has 5 rings (SSSR count). The number of rotatable bonds is 3. The van der Waals surface area contributed by atoms with Gasteiger partial charge in [0.1, 0.15) is 17.7 Å². The number of pyridine rings is 1. The van der Waals surface area contributed by atoms with Crippen LogP contribution in [0.4, 0.5) is 4.39 Å². The Bertz CT molecular complexity index is 1430. The minimum Gasteiger partial charge on any atom is -0.372 e. The molecule has 0 saturated carbocycles. The van der Waals surface area contributed by atoms with Crippen LogP contribution in [0.25, 0.3) is 22.2 Å². The molecule has 0 unspecified atom stereocenters. The molecule has 1 aromatic carbocycles. The summed E-state index contributed by atoms with van der Waals surface area (Å²) in [6, 6.07) is 8.19. The van der Waals surface area contributed by atoms with Crippen molar-refractivity contribution >= 4 is 22.5 Å².